The number of carbonyl (C=O) groups excluding carboxylic acids is 1. The van der Waals surface area contributed by atoms with Crippen molar-refractivity contribution in [1.29, 1.82) is 0 Å². The summed E-state index contributed by atoms with van der Waals surface area (Å²) in [5, 5.41) is 0. The first-order valence-electron chi connectivity index (χ1n) is 8.89. The van der Waals surface area contributed by atoms with Crippen molar-refractivity contribution in [3.8, 4) is 0 Å². The Morgan fingerprint density at radius 3 is 2.24 bits per heavy atom. The molecule has 1 aliphatic rings. The SMILES string of the molecule is CCC(OCC=O)C(C)C[P+](C)(C)C1CCCCCCC1. The summed E-state index contributed by atoms with van der Waals surface area (Å²) in [5.41, 5.74) is 0.962. The van der Waals surface area contributed by atoms with Gasteiger partial charge in [0, 0.05) is 26.5 Å². The fourth-order valence-corrected chi connectivity index (χ4v) is 7.77. The molecule has 1 rings (SSSR count). The van der Waals surface area contributed by atoms with Crippen molar-refractivity contribution in [2.45, 2.75) is 77.0 Å². The third-order valence-electron chi connectivity index (χ3n) is 5.24. The predicted octanol–water partition coefficient (Wildman–Crippen LogP) is 5.01. The maximum absolute atomic E-state index is 10.5. The number of aldehydes is 1. The van der Waals surface area contributed by atoms with E-state index in [1.807, 2.05) is 0 Å². The van der Waals surface area contributed by atoms with Crippen LogP contribution in [0.1, 0.15) is 65.2 Å². The highest BCUT2D eigenvalue weighted by Crippen LogP contribution is 2.61. The molecule has 0 spiro atoms. The molecule has 1 aliphatic carbocycles. The summed E-state index contributed by atoms with van der Waals surface area (Å²) in [4.78, 5) is 10.5. The molecular formula is C18H36O2P+. The van der Waals surface area contributed by atoms with Crippen molar-refractivity contribution in [2.24, 2.45) is 5.92 Å². The van der Waals surface area contributed by atoms with E-state index < -0.39 is 7.26 Å². The lowest BCUT2D eigenvalue weighted by atomic mass is 10.0. The van der Waals surface area contributed by atoms with Gasteiger partial charge in [-0.2, -0.15) is 0 Å². The summed E-state index contributed by atoms with van der Waals surface area (Å²) in [6, 6.07) is 0. The van der Waals surface area contributed by atoms with E-state index in [9.17, 15) is 4.79 Å². The highest BCUT2D eigenvalue weighted by Gasteiger charge is 2.38. The summed E-state index contributed by atoms with van der Waals surface area (Å²) in [5.74, 6) is 0.573. The van der Waals surface area contributed by atoms with Crippen LogP contribution in [0.25, 0.3) is 0 Å². The molecule has 0 bridgehead atoms. The van der Waals surface area contributed by atoms with Gasteiger partial charge in [0.05, 0.1) is 17.9 Å². The molecule has 124 valence electrons. The Morgan fingerprint density at radius 1 is 1.14 bits per heavy atom. The van der Waals surface area contributed by atoms with Crippen LogP contribution in [0, 0.1) is 5.92 Å². The highest BCUT2D eigenvalue weighted by atomic mass is 31.2. The van der Waals surface area contributed by atoms with E-state index >= 15 is 0 Å². The van der Waals surface area contributed by atoms with Crippen LogP contribution in [0.2, 0.25) is 0 Å². The van der Waals surface area contributed by atoms with Gasteiger partial charge in [0.15, 0.2) is 0 Å². The minimum atomic E-state index is -0.889. The lowest BCUT2D eigenvalue weighted by Crippen LogP contribution is -2.28. The largest absolute Gasteiger partial charge is 0.370 e. The molecule has 1 fully saturated rings. The summed E-state index contributed by atoms with van der Waals surface area (Å²) >= 11 is 0. The Labute approximate surface area is 132 Å². The second-order valence-electron chi connectivity index (χ2n) is 7.38. The van der Waals surface area contributed by atoms with Crippen LogP contribution in [-0.4, -0.2) is 44.1 Å². The third-order valence-corrected chi connectivity index (χ3v) is 9.25. The van der Waals surface area contributed by atoms with E-state index in [1.165, 1.54) is 51.1 Å². The van der Waals surface area contributed by atoms with Crippen LogP contribution < -0.4 is 0 Å². The summed E-state index contributed by atoms with van der Waals surface area (Å²) in [7, 11) is -0.889. The first-order valence-corrected chi connectivity index (χ1v) is 11.8. The fraction of sp³-hybridized carbons (Fsp3) is 0.944. The summed E-state index contributed by atoms with van der Waals surface area (Å²) in [6.45, 7) is 9.87. The molecule has 2 unspecified atom stereocenters. The van der Waals surface area contributed by atoms with Crippen molar-refractivity contribution in [2.75, 3.05) is 26.1 Å². The number of hydrogen-bond acceptors (Lipinski definition) is 2. The molecule has 0 amide bonds. The van der Waals surface area contributed by atoms with Gasteiger partial charge in [0.25, 0.3) is 0 Å². The topological polar surface area (TPSA) is 26.3 Å². The molecule has 21 heavy (non-hydrogen) atoms. The second-order valence-corrected chi connectivity index (χ2v) is 12.0. The number of rotatable bonds is 8. The number of hydrogen-bond donors (Lipinski definition) is 0. The molecule has 0 aromatic carbocycles. The van der Waals surface area contributed by atoms with Crippen molar-refractivity contribution in [1.82, 2.24) is 0 Å². The van der Waals surface area contributed by atoms with Crippen LogP contribution in [-0.2, 0) is 9.53 Å². The molecule has 0 aromatic rings. The van der Waals surface area contributed by atoms with Gasteiger partial charge in [0.2, 0.25) is 0 Å². The van der Waals surface area contributed by atoms with Gasteiger partial charge in [-0.15, -0.1) is 0 Å². The monoisotopic (exact) mass is 315 g/mol. The lowest BCUT2D eigenvalue weighted by molar-refractivity contribution is -0.114. The average Bonchev–Trinajstić information content (AvgIpc) is 2.38. The molecule has 0 saturated heterocycles. The molecule has 1 saturated carbocycles. The molecule has 0 radical (unpaired) electrons. The van der Waals surface area contributed by atoms with Crippen molar-refractivity contribution in [3.05, 3.63) is 0 Å². The third kappa shape index (κ3) is 6.78. The van der Waals surface area contributed by atoms with Crippen LogP contribution in [0.15, 0.2) is 0 Å². The van der Waals surface area contributed by atoms with E-state index in [4.69, 9.17) is 4.74 Å². The second kappa shape index (κ2) is 9.95. The Kier molecular flexibility index (Phi) is 9.06. The van der Waals surface area contributed by atoms with Gasteiger partial charge in [-0.25, -0.2) is 0 Å². The highest BCUT2D eigenvalue weighted by molar-refractivity contribution is 7.75. The van der Waals surface area contributed by atoms with Crippen LogP contribution in [0.5, 0.6) is 0 Å². The van der Waals surface area contributed by atoms with Gasteiger partial charge in [-0.05, 0) is 32.1 Å². The van der Waals surface area contributed by atoms with E-state index in [1.54, 1.807) is 0 Å². The zero-order valence-corrected chi connectivity index (χ0v) is 15.5. The van der Waals surface area contributed by atoms with E-state index in [2.05, 4.69) is 27.2 Å². The summed E-state index contributed by atoms with van der Waals surface area (Å²) in [6.07, 6.45) is 13.5. The standard InChI is InChI=1S/C18H36O2P/c1-5-18(20-14-13-19)16(2)15-21(3,4)17-11-9-7-6-8-10-12-17/h13,16-18H,5-12,14-15H2,1-4H3/q+1. The molecule has 0 aromatic heterocycles. The lowest BCUT2D eigenvalue weighted by Gasteiger charge is -2.33. The van der Waals surface area contributed by atoms with Gasteiger partial charge in [0.1, 0.15) is 12.9 Å². The summed E-state index contributed by atoms with van der Waals surface area (Å²) < 4.78 is 5.73. The fourth-order valence-electron chi connectivity index (χ4n) is 3.99. The maximum Gasteiger partial charge on any atom is 0.145 e. The van der Waals surface area contributed by atoms with Crippen LogP contribution >= 0.6 is 7.26 Å². The predicted molar refractivity (Wildman–Crippen MR) is 95.0 cm³/mol. The molecule has 0 aliphatic heterocycles. The molecule has 0 N–H and O–H groups in total. The Morgan fingerprint density at radius 2 is 1.71 bits per heavy atom. The average molecular weight is 315 g/mol. The van der Waals surface area contributed by atoms with Crippen molar-refractivity contribution in [3.63, 3.8) is 0 Å². The quantitative estimate of drug-likeness (QED) is 0.465. The molecule has 2 nitrogen and oxygen atoms in total. The zero-order chi connectivity index (χ0) is 15.7. The minimum absolute atomic E-state index is 0.253. The molecule has 0 heterocycles. The smallest absolute Gasteiger partial charge is 0.145 e. The van der Waals surface area contributed by atoms with Crippen LogP contribution in [0.4, 0.5) is 0 Å². The first-order chi connectivity index (χ1) is 10.0. The Hall–Kier alpha value is 0.0600. The molecule has 3 heteroatoms. The van der Waals surface area contributed by atoms with E-state index in [-0.39, 0.29) is 12.7 Å². The maximum atomic E-state index is 10.5. The van der Waals surface area contributed by atoms with Crippen LogP contribution in [0.3, 0.4) is 0 Å². The Bertz CT molecular complexity index is 283. The molecular weight excluding hydrogens is 279 g/mol. The zero-order valence-electron chi connectivity index (χ0n) is 14.6. The van der Waals surface area contributed by atoms with Crippen molar-refractivity contribution < 1.29 is 9.53 Å². The van der Waals surface area contributed by atoms with E-state index in [0.29, 0.717) is 5.92 Å². The van der Waals surface area contributed by atoms with Crippen molar-refractivity contribution >= 4 is 13.5 Å². The minimum Gasteiger partial charge on any atom is -0.370 e. The van der Waals surface area contributed by atoms with Gasteiger partial charge < -0.3 is 9.53 Å². The normalized spacial score (nSPS) is 21.3. The number of carbonyl (C=O) groups is 1. The van der Waals surface area contributed by atoms with Gasteiger partial charge in [-0.3, -0.25) is 0 Å². The van der Waals surface area contributed by atoms with Gasteiger partial charge in [-0.1, -0.05) is 33.1 Å². The van der Waals surface area contributed by atoms with Gasteiger partial charge >= 0.3 is 0 Å². The first kappa shape index (κ1) is 19.1. The Balaban J connectivity index is 2.56. The number of ether oxygens (including phenoxy) is 1. The van der Waals surface area contributed by atoms with E-state index in [0.717, 1.165) is 18.4 Å². The molecule has 2 atom stereocenters.